The molecule has 0 saturated carbocycles. The number of nitrogens with zero attached hydrogens (tertiary/aromatic N) is 3. The molecule has 1 saturated heterocycles. The first-order chi connectivity index (χ1) is 8.97. The Morgan fingerprint density at radius 3 is 2.95 bits per heavy atom. The predicted molar refractivity (Wildman–Crippen MR) is 68.8 cm³/mol. The van der Waals surface area contributed by atoms with E-state index >= 15 is 0 Å². The number of rotatable bonds is 3. The Hall–Kier alpha value is -1.70. The Labute approximate surface area is 112 Å². The van der Waals surface area contributed by atoms with E-state index < -0.39 is 22.0 Å². The fraction of sp³-hybridized carbons (Fsp3) is 0.545. The van der Waals surface area contributed by atoms with Gasteiger partial charge in [-0.2, -0.15) is 0 Å². The first-order valence-corrected chi connectivity index (χ1v) is 7.84. The maximum atomic E-state index is 12.0. The molecular weight excluding hydrogens is 268 g/mol. The molecule has 8 heteroatoms. The molecule has 0 bridgehead atoms. The summed E-state index contributed by atoms with van der Waals surface area (Å²) in [6, 6.07) is 1.16. The molecule has 1 amide bonds. The maximum Gasteiger partial charge on any atom is 0.256 e. The zero-order chi connectivity index (χ0) is 13.9. The first-order valence-electron chi connectivity index (χ1n) is 5.95. The van der Waals surface area contributed by atoms with Crippen molar-refractivity contribution in [2.75, 3.05) is 17.7 Å². The standard InChI is InChI=1S/C11H15N4O3S/c1-19(17,18)14-11(16)9-4-2-3-7-15(9)10-5-6-12-8-13-10/h5-6,9H,2-4,7H2,1H3,(H,14,16). The topological polar surface area (TPSA) is 92.3 Å². The molecule has 1 atom stereocenters. The van der Waals surface area contributed by atoms with Crippen LogP contribution in [0.25, 0.3) is 0 Å². The highest BCUT2D eigenvalue weighted by Gasteiger charge is 2.30. The summed E-state index contributed by atoms with van der Waals surface area (Å²) in [7, 11) is -3.55. The quantitative estimate of drug-likeness (QED) is 0.819. The van der Waals surface area contributed by atoms with E-state index in [0.29, 0.717) is 18.8 Å². The van der Waals surface area contributed by atoms with E-state index in [1.165, 1.54) is 0 Å². The fourth-order valence-electron chi connectivity index (χ4n) is 2.14. The molecule has 0 aliphatic carbocycles. The molecule has 1 radical (unpaired) electrons. The van der Waals surface area contributed by atoms with Gasteiger partial charge in [-0.1, -0.05) is 0 Å². The molecule has 1 unspecified atom stereocenters. The van der Waals surface area contributed by atoms with Crippen molar-refractivity contribution in [3.63, 3.8) is 0 Å². The van der Waals surface area contributed by atoms with Gasteiger partial charge in [0.05, 0.1) is 6.26 Å². The predicted octanol–water partition coefficient (Wildman–Crippen LogP) is -0.289. The van der Waals surface area contributed by atoms with Crippen molar-refractivity contribution in [1.82, 2.24) is 14.7 Å². The molecule has 0 spiro atoms. The van der Waals surface area contributed by atoms with E-state index in [-0.39, 0.29) is 0 Å². The third-order valence-electron chi connectivity index (χ3n) is 2.91. The molecule has 2 heterocycles. The van der Waals surface area contributed by atoms with Gasteiger partial charge in [0.15, 0.2) is 6.33 Å². The number of hydrogen-bond donors (Lipinski definition) is 1. The summed E-state index contributed by atoms with van der Waals surface area (Å²) >= 11 is 0. The summed E-state index contributed by atoms with van der Waals surface area (Å²) in [4.78, 5) is 21.5. The van der Waals surface area contributed by atoms with Gasteiger partial charge >= 0.3 is 0 Å². The van der Waals surface area contributed by atoms with Crippen molar-refractivity contribution in [3.8, 4) is 0 Å². The largest absolute Gasteiger partial charge is 0.344 e. The molecule has 1 aromatic heterocycles. The van der Waals surface area contributed by atoms with Crippen molar-refractivity contribution < 1.29 is 13.2 Å². The smallest absolute Gasteiger partial charge is 0.256 e. The molecule has 7 nitrogen and oxygen atoms in total. The highest BCUT2D eigenvalue weighted by atomic mass is 32.2. The number of sulfonamides is 1. The lowest BCUT2D eigenvalue weighted by molar-refractivity contribution is -0.121. The van der Waals surface area contributed by atoms with Gasteiger partial charge < -0.3 is 4.90 Å². The van der Waals surface area contributed by atoms with Crippen LogP contribution in [0.5, 0.6) is 0 Å². The fourth-order valence-corrected chi connectivity index (χ4v) is 2.65. The molecule has 1 aromatic rings. The Morgan fingerprint density at radius 2 is 2.32 bits per heavy atom. The van der Waals surface area contributed by atoms with Gasteiger partial charge in [-0.3, -0.25) is 9.52 Å². The zero-order valence-corrected chi connectivity index (χ0v) is 11.4. The number of piperidine rings is 1. The highest BCUT2D eigenvalue weighted by molar-refractivity contribution is 7.89. The van der Waals surface area contributed by atoms with E-state index in [9.17, 15) is 13.2 Å². The average Bonchev–Trinajstić information content (AvgIpc) is 2.38. The molecule has 1 fully saturated rings. The summed E-state index contributed by atoms with van der Waals surface area (Å²) < 4.78 is 24.3. The monoisotopic (exact) mass is 283 g/mol. The van der Waals surface area contributed by atoms with Crippen molar-refractivity contribution >= 4 is 21.7 Å². The van der Waals surface area contributed by atoms with Gasteiger partial charge in [0, 0.05) is 12.7 Å². The van der Waals surface area contributed by atoms with Crippen LogP contribution in [0.4, 0.5) is 5.82 Å². The molecule has 103 valence electrons. The van der Waals surface area contributed by atoms with E-state index in [4.69, 9.17) is 0 Å². The van der Waals surface area contributed by atoms with Crippen LogP contribution in [-0.2, 0) is 14.8 Å². The highest BCUT2D eigenvalue weighted by Crippen LogP contribution is 2.22. The number of carbonyl (C=O) groups is 1. The minimum atomic E-state index is -3.55. The van der Waals surface area contributed by atoms with Crippen molar-refractivity contribution in [2.24, 2.45) is 0 Å². The van der Waals surface area contributed by atoms with Crippen LogP contribution in [0.1, 0.15) is 19.3 Å². The lowest BCUT2D eigenvalue weighted by Crippen LogP contribution is -2.51. The summed E-state index contributed by atoms with van der Waals surface area (Å²) in [6.45, 7) is 0.659. The summed E-state index contributed by atoms with van der Waals surface area (Å²) in [5, 5.41) is 0. The molecular formula is C11H15N4O3S. The molecule has 19 heavy (non-hydrogen) atoms. The number of nitrogens with one attached hydrogen (secondary N) is 1. The van der Waals surface area contributed by atoms with E-state index in [2.05, 4.69) is 16.3 Å². The Kier molecular flexibility index (Phi) is 3.98. The van der Waals surface area contributed by atoms with Crippen molar-refractivity contribution in [1.29, 1.82) is 0 Å². The van der Waals surface area contributed by atoms with E-state index in [0.717, 1.165) is 19.1 Å². The minimum absolute atomic E-state index is 0.513. The van der Waals surface area contributed by atoms with Gasteiger partial charge in [0.2, 0.25) is 10.0 Å². The number of aromatic nitrogens is 2. The number of amides is 1. The Morgan fingerprint density at radius 1 is 1.53 bits per heavy atom. The molecule has 2 rings (SSSR count). The molecule has 1 N–H and O–H groups in total. The Bertz CT molecular complexity index is 546. The SMILES string of the molecule is CS(=O)(=O)NC(=O)C1CCCCN1c1ccn[c]n1. The number of hydrogen-bond acceptors (Lipinski definition) is 6. The van der Waals surface area contributed by atoms with Crippen LogP contribution in [0, 0.1) is 6.33 Å². The van der Waals surface area contributed by atoms with Gasteiger partial charge in [0.1, 0.15) is 11.9 Å². The van der Waals surface area contributed by atoms with Crippen LogP contribution in [0.15, 0.2) is 12.3 Å². The van der Waals surface area contributed by atoms with Gasteiger partial charge in [-0.15, -0.1) is 0 Å². The third-order valence-corrected chi connectivity index (χ3v) is 3.48. The van der Waals surface area contributed by atoms with Crippen molar-refractivity contribution in [2.45, 2.75) is 25.3 Å². The second-order valence-electron chi connectivity index (χ2n) is 4.46. The number of carbonyl (C=O) groups excluding carboxylic acids is 1. The lowest BCUT2D eigenvalue weighted by Gasteiger charge is -2.35. The summed E-state index contributed by atoms with van der Waals surface area (Å²) in [6.07, 6.45) is 7.41. The van der Waals surface area contributed by atoms with E-state index in [1.807, 2.05) is 4.72 Å². The lowest BCUT2D eigenvalue weighted by atomic mass is 10.0. The minimum Gasteiger partial charge on any atom is -0.344 e. The van der Waals surface area contributed by atoms with Crippen LogP contribution in [0.3, 0.4) is 0 Å². The summed E-state index contributed by atoms with van der Waals surface area (Å²) in [5.74, 6) is 0.0733. The van der Waals surface area contributed by atoms with Crippen LogP contribution in [-0.4, -0.2) is 43.1 Å². The van der Waals surface area contributed by atoms with Crippen LogP contribution < -0.4 is 9.62 Å². The Balaban J connectivity index is 2.19. The van der Waals surface area contributed by atoms with Crippen LogP contribution in [0.2, 0.25) is 0 Å². The average molecular weight is 283 g/mol. The molecule has 1 aliphatic rings. The van der Waals surface area contributed by atoms with Gasteiger partial charge in [-0.05, 0) is 25.3 Å². The van der Waals surface area contributed by atoms with Gasteiger partial charge in [0.25, 0.3) is 5.91 Å². The zero-order valence-electron chi connectivity index (χ0n) is 10.5. The second kappa shape index (κ2) is 5.52. The third kappa shape index (κ3) is 3.63. The molecule has 1 aliphatic heterocycles. The number of anilines is 1. The maximum absolute atomic E-state index is 12.0. The van der Waals surface area contributed by atoms with Crippen molar-refractivity contribution in [3.05, 3.63) is 18.6 Å². The van der Waals surface area contributed by atoms with Gasteiger partial charge in [-0.25, -0.2) is 18.4 Å². The first kappa shape index (κ1) is 13.7. The second-order valence-corrected chi connectivity index (χ2v) is 6.21. The normalized spacial score (nSPS) is 20.1. The molecule has 0 aromatic carbocycles. The van der Waals surface area contributed by atoms with Crippen LogP contribution >= 0.6 is 0 Å². The van der Waals surface area contributed by atoms with E-state index in [1.54, 1.807) is 17.2 Å². The summed E-state index contributed by atoms with van der Waals surface area (Å²) in [5.41, 5.74) is 0.